The second kappa shape index (κ2) is 10.2. The summed E-state index contributed by atoms with van der Waals surface area (Å²) in [5.74, 6) is -2.86. The first-order valence-corrected chi connectivity index (χ1v) is 11.1. The minimum absolute atomic E-state index is 0.272. The van der Waals surface area contributed by atoms with Gasteiger partial charge in [-0.3, -0.25) is 14.4 Å². The Morgan fingerprint density at radius 3 is 1.74 bits per heavy atom. The molecule has 0 unspecified atom stereocenters. The summed E-state index contributed by atoms with van der Waals surface area (Å²) >= 11 is 0. The third-order valence-corrected chi connectivity index (χ3v) is 6.03. The highest BCUT2D eigenvalue weighted by atomic mass is 16.5. The lowest BCUT2D eigenvalue weighted by Gasteiger charge is -2.35. The summed E-state index contributed by atoms with van der Waals surface area (Å²) in [7, 11) is 1.57. The molecule has 2 N–H and O–H groups in total. The quantitative estimate of drug-likeness (QED) is 0.523. The lowest BCUT2D eigenvalue weighted by Crippen LogP contribution is -2.44. The number of allylic oxidation sites excluding steroid dienone is 1. The number of anilines is 2. The van der Waals surface area contributed by atoms with Crippen molar-refractivity contribution in [1.29, 1.82) is 0 Å². The van der Waals surface area contributed by atoms with Crippen molar-refractivity contribution < 1.29 is 19.1 Å². The van der Waals surface area contributed by atoms with Crippen molar-refractivity contribution in [3.8, 4) is 5.75 Å². The zero-order valence-electron chi connectivity index (χ0n) is 19.0. The maximum atomic E-state index is 13.5. The first-order valence-electron chi connectivity index (χ1n) is 11.1. The average Bonchev–Trinajstić information content (AvgIpc) is 2.84. The zero-order valence-corrected chi connectivity index (χ0v) is 19.0. The summed E-state index contributed by atoms with van der Waals surface area (Å²) in [6.07, 6.45) is 1.42. The number of carbonyl (C=O) groups is 3. The minimum Gasteiger partial charge on any atom is -0.497 e. The third kappa shape index (κ3) is 4.91. The predicted octanol–water partition coefficient (Wildman–Crippen LogP) is 4.82. The van der Waals surface area contributed by atoms with Crippen LogP contribution in [-0.2, 0) is 14.4 Å². The van der Waals surface area contributed by atoms with Crippen molar-refractivity contribution in [3.63, 3.8) is 0 Å². The molecule has 3 aromatic carbocycles. The Morgan fingerprint density at radius 1 is 0.735 bits per heavy atom. The van der Waals surface area contributed by atoms with Gasteiger partial charge in [-0.25, -0.2) is 0 Å². The minimum atomic E-state index is -1.07. The highest BCUT2D eigenvalue weighted by Crippen LogP contribution is 2.42. The van der Waals surface area contributed by atoms with Gasteiger partial charge in [-0.05, 0) is 55.0 Å². The molecule has 172 valence electrons. The van der Waals surface area contributed by atoms with Crippen molar-refractivity contribution in [3.05, 3.63) is 102 Å². The maximum absolute atomic E-state index is 13.5. The Kier molecular flexibility index (Phi) is 6.87. The number of hydrogen-bond donors (Lipinski definition) is 2. The number of carbonyl (C=O) groups excluding carboxylic acids is 3. The molecule has 0 saturated heterocycles. The van der Waals surface area contributed by atoms with E-state index in [-0.39, 0.29) is 11.7 Å². The molecule has 6 heteroatoms. The molecule has 3 atom stereocenters. The molecule has 0 fully saturated rings. The van der Waals surface area contributed by atoms with Crippen LogP contribution in [0.15, 0.2) is 96.6 Å². The van der Waals surface area contributed by atoms with Crippen LogP contribution in [0.5, 0.6) is 5.75 Å². The van der Waals surface area contributed by atoms with E-state index in [1.165, 1.54) is 6.08 Å². The molecule has 3 aromatic rings. The van der Waals surface area contributed by atoms with Crippen LogP contribution >= 0.6 is 0 Å². The summed E-state index contributed by atoms with van der Waals surface area (Å²) < 4.78 is 5.27. The van der Waals surface area contributed by atoms with Crippen molar-refractivity contribution in [1.82, 2.24) is 0 Å². The average molecular weight is 455 g/mol. The van der Waals surface area contributed by atoms with E-state index in [1.54, 1.807) is 74.7 Å². The van der Waals surface area contributed by atoms with Crippen LogP contribution in [0.3, 0.4) is 0 Å². The Balaban J connectivity index is 1.74. The second-order valence-corrected chi connectivity index (χ2v) is 8.26. The number of rotatable bonds is 6. The molecule has 2 amide bonds. The summed E-state index contributed by atoms with van der Waals surface area (Å²) in [5, 5.41) is 5.78. The van der Waals surface area contributed by atoms with Gasteiger partial charge in [0.15, 0.2) is 5.78 Å². The zero-order chi connectivity index (χ0) is 24.1. The van der Waals surface area contributed by atoms with Crippen LogP contribution in [-0.4, -0.2) is 24.7 Å². The molecule has 0 heterocycles. The molecular formula is C28H26N2O4. The smallest absolute Gasteiger partial charge is 0.235 e. The second-order valence-electron chi connectivity index (χ2n) is 8.26. The predicted molar refractivity (Wildman–Crippen MR) is 132 cm³/mol. The number of amides is 2. The Morgan fingerprint density at radius 2 is 1.24 bits per heavy atom. The van der Waals surface area contributed by atoms with Gasteiger partial charge < -0.3 is 15.4 Å². The van der Waals surface area contributed by atoms with Crippen molar-refractivity contribution >= 4 is 29.0 Å². The lowest BCUT2D eigenvalue weighted by atomic mass is 9.67. The van der Waals surface area contributed by atoms with Gasteiger partial charge in [0.1, 0.15) is 11.7 Å². The van der Waals surface area contributed by atoms with Crippen molar-refractivity contribution in [2.45, 2.75) is 12.8 Å². The van der Waals surface area contributed by atoms with Gasteiger partial charge in [0, 0.05) is 17.3 Å². The molecule has 1 aliphatic rings. The van der Waals surface area contributed by atoms with Crippen LogP contribution < -0.4 is 15.4 Å². The first kappa shape index (κ1) is 23.0. The molecule has 0 aromatic heterocycles. The number of methoxy groups -OCH3 is 1. The lowest BCUT2D eigenvalue weighted by molar-refractivity contribution is -0.131. The Hall–Kier alpha value is -4.19. The van der Waals surface area contributed by atoms with Crippen molar-refractivity contribution in [2.24, 2.45) is 11.8 Å². The topological polar surface area (TPSA) is 84.5 Å². The summed E-state index contributed by atoms with van der Waals surface area (Å²) in [6.45, 7) is 1.76. The Bertz CT molecular complexity index is 1200. The fraction of sp³-hybridized carbons (Fsp3) is 0.179. The SMILES string of the molecule is COc1ccc([C@H]2[C@@H](C(=O)Nc3ccccc3)C(=O)C=C(C)[C@H]2C(=O)Nc2ccccc2)cc1. The number of ether oxygens (including phenoxy) is 1. The van der Waals surface area contributed by atoms with Gasteiger partial charge in [-0.1, -0.05) is 54.1 Å². The molecule has 6 nitrogen and oxygen atoms in total. The van der Waals surface area contributed by atoms with E-state index in [4.69, 9.17) is 4.74 Å². The fourth-order valence-corrected chi connectivity index (χ4v) is 4.41. The van der Waals surface area contributed by atoms with Crippen LogP contribution in [0, 0.1) is 11.8 Å². The molecule has 1 aliphatic carbocycles. The first-order chi connectivity index (χ1) is 16.5. The molecule has 4 rings (SSSR count). The molecule has 0 radical (unpaired) electrons. The number of ketones is 1. The largest absolute Gasteiger partial charge is 0.497 e. The van der Waals surface area contributed by atoms with Gasteiger partial charge in [0.05, 0.1) is 13.0 Å². The Labute approximate surface area is 198 Å². The molecule has 0 aliphatic heterocycles. The van der Waals surface area contributed by atoms with Gasteiger partial charge in [0.25, 0.3) is 0 Å². The van der Waals surface area contributed by atoms with Gasteiger partial charge in [-0.15, -0.1) is 0 Å². The highest BCUT2D eigenvalue weighted by Gasteiger charge is 2.46. The molecule has 34 heavy (non-hydrogen) atoms. The molecule has 0 spiro atoms. The van der Waals surface area contributed by atoms with Gasteiger partial charge in [0.2, 0.25) is 11.8 Å². The number of benzene rings is 3. The van der Waals surface area contributed by atoms with E-state index in [0.717, 1.165) is 0 Å². The third-order valence-electron chi connectivity index (χ3n) is 6.03. The highest BCUT2D eigenvalue weighted by molar-refractivity contribution is 6.14. The van der Waals surface area contributed by atoms with E-state index in [9.17, 15) is 14.4 Å². The summed E-state index contributed by atoms with van der Waals surface area (Å²) in [6, 6.07) is 25.3. The number of hydrogen-bond acceptors (Lipinski definition) is 4. The molecule has 0 bridgehead atoms. The summed E-state index contributed by atoms with van der Waals surface area (Å²) in [5.41, 5.74) is 2.56. The van der Waals surface area contributed by atoms with E-state index in [0.29, 0.717) is 28.3 Å². The van der Waals surface area contributed by atoms with Crippen LogP contribution in [0.25, 0.3) is 0 Å². The standard InChI is InChI=1S/C28H26N2O4/c1-18-17-23(31)26(28(33)30-21-11-7-4-8-12-21)25(19-13-15-22(34-2)16-14-19)24(18)27(32)29-20-9-5-3-6-10-20/h3-17,24-26H,1-2H3,(H,29,32)(H,30,33)/t24-,25-,26+/m1/s1. The fourth-order valence-electron chi connectivity index (χ4n) is 4.41. The van der Waals surface area contributed by atoms with E-state index in [2.05, 4.69) is 10.6 Å². The molecular weight excluding hydrogens is 428 g/mol. The van der Waals surface area contributed by atoms with E-state index in [1.807, 2.05) is 24.3 Å². The van der Waals surface area contributed by atoms with Gasteiger partial charge >= 0.3 is 0 Å². The normalized spacial score (nSPS) is 19.6. The van der Waals surface area contributed by atoms with Crippen LogP contribution in [0.2, 0.25) is 0 Å². The monoisotopic (exact) mass is 454 g/mol. The number of nitrogens with one attached hydrogen (secondary N) is 2. The van der Waals surface area contributed by atoms with Crippen molar-refractivity contribution in [2.75, 3.05) is 17.7 Å². The van der Waals surface area contributed by atoms with E-state index < -0.39 is 23.7 Å². The summed E-state index contributed by atoms with van der Waals surface area (Å²) in [4.78, 5) is 40.1. The van der Waals surface area contributed by atoms with Gasteiger partial charge in [-0.2, -0.15) is 0 Å². The van der Waals surface area contributed by atoms with Crippen LogP contribution in [0.4, 0.5) is 11.4 Å². The van der Waals surface area contributed by atoms with Crippen LogP contribution in [0.1, 0.15) is 18.4 Å². The molecule has 0 saturated carbocycles. The van der Waals surface area contributed by atoms with E-state index >= 15 is 0 Å². The number of para-hydroxylation sites is 2. The maximum Gasteiger partial charge on any atom is 0.235 e.